The smallest absolute Gasteiger partial charge is 0.252 e. The zero-order valence-corrected chi connectivity index (χ0v) is 13.8. The monoisotopic (exact) mass is 332 g/mol. The zero-order valence-electron chi connectivity index (χ0n) is 13.8. The van der Waals surface area contributed by atoms with E-state index in [1.807, 2.05) is 20.9 Å². The molecule has 2 aliphatic rings. The largest absolute Gasteiger partial charge is 0.388 e. The quantitative estimate of drug-likeness (QED) is 0.793. The minimum atomic E-state index is -0.632. The third-order valence-electron chi connectivity index (χ3n) is 4.69. The molecule has 8 heteroatoms. The number of carbonyl (C=O) groups is 1. The van der Waals surface area contributed by atoms with Crippen LogP contribution in [-0.2, 0) is 16.5 Å². The Morgan fingerprint density at radius 1 is 1.33 bits per heavy atom. The SMILES string of the molecule is Cc1cc(C(=O)N[C@H]2CO[C@H]3[C@@H]2OC[C@@H]3O)c2c(C)nn(C)c2n1. The van der Waals surface area contributed by atoms with Gasteiger partial charge in [-0.3, -0.25) is 9.48 Å². The van der Waals surface area contributed by atoms with Gasteiger partial charge in [0.2, 0.25) is 0 Å². The van der Waals surface area contributed by atoms with E-state index < -0.39 is 6.10 Å². The van der Waals surface area contributed by atoms with Crippen molar-refractivity contribution < 1.29 is 19.4 Å². The highest BCUT2D eigenvalue weighted by Gasteiger charge is 2.47. The number of aryl methyl sites for hydroxylation is 3. The number of amides is 1. The van der Waals surface area contributed by atoms with Crippen molar-refractivity contribution in [3.63, 3.8) is 0 Å². The van der Waals surface area contributed by atoms with Crippen LogP contribution in [0.5, 0.6) is 0 Å². The second kappa shape index (κ2) is 5.51. The van der Waals surface area contributed by atoms with Crippen LogP contribution in [0.4, 0.5) is 0 Å². The molecule has 4 atom stereocenters. The molecule has 24 heavy (non-hydrogen) atoms. The van der Waals surface area contributed by atoms with Crippen molar-refractivity contribution in [3.8, 4) is 0 Å². The first-order chi connectivity index (χ1) is 11.5. The number of hydrogen-bond acceptors (Lipinski definition) is 6. The van der Waals surface area contributed by atoms with Gasteiger partial charge in [0, 0.05) is 12.7 Å². The Kier molecular flexibility index (Phi) is 3.56. The minimum absolute atomic E-state index is 0.208. The molecule has 8 nitrogen and oxygen atoms in total. The van der Waals surface area contributed by atoms with Gasteiger partial charge < -0.3 is 19.9 Å². The lowest BCUT2D eigenvalue weighted by molar-refractivity contribution is 0.0178. The second-order valence-electron chi connectivity index (χ2n) is 6.46. The number of aromatic nitrogens is 3. The number of fused-ring (bicyclic) bond motifs is 2. The van der Waals surface area contributed by atoms with Crippen LogP contribution in [0.1, 0.15) is 21.7 Å². The molecule has 0 unspecified atom stereocenters. The second-order valence-corrected chi connectivity index (χ2v) is 6.46. The number of carbonyl (C=O) groups excluding carboxylic acids is 1. The van der Waals surface area contributed by atoms with Crippen LogP contribution in [0.3, 0.4) is 0 Å². The summed E-state index contributed by atoms with van der Waals surface area (Å²) in [4.78, 5) is 17.3. The van der Waals surface area contributed by atoms with Crippen LogP contribution in [0.15, 0.2) is 6.07 Å². The summed E-state index contributed by atoms with van der Waals surface area (Å²) < 4.78 is 12.8. The van der Waals surface area contributed by atoms with Crippen LogP contribution in [0.2, 0.25) is 0 Å². The van der Waals surface area contributed by atoms with Gasteiger partial charge in [-0.2, -0.15) is 5.10 Å². The van der Waals surface area contributed by atoms with Crippen molar-refractivity contribution in [2.75, 3.05) is 13.2 Å². The first kappa shape index (κ1) is 15.5. The summed E-state index contributed by atoms with van der Waals surface area (Å²) in [5.41, 5.74) is 2.75. The third-order valence-corrected chi connectivity index (χ3v) is 4.69. The van der Waals surface area contributed by atoms with Gasteiger partial charge in [-0.05, 0) is 19.9 Å². The van der Waals surface area contributed by atoms with Crippen molar-refractivity contribution >= 4 is 16.9 Å². The number of nitrogens with zero attached hydrogens (tertiary/aromatic N) is 3. The minimum Gasteiger partial charge on any atom is -0.388 e. The van der Waals surface area contributed by atoms with Crippen LogP contribution >= 0.6 is 0 Å². The summed E-state index contributed by atoms with van der Waals surface area (Å²) in [7, 11) is 1.81. The van der Waals surface area contributed by atoms with Gasteiger partial charge in [-0.1, -0.05) is 0 Å². The van der Waals surface area contributed by atoms with Gasteiger partial charge in [0.25, 0.3) is 5.91 Å². The van der Waals surface area contributed by atoms with Crippen LogP contribution in [0.25, 0.3) is 11.0 Å². The highest BCUT2D eigenvalue weighted by Crippen LogP contribution is 2.28. The van der Waals surface area contributed by atoms with E-state index in [9.17, 15) is 9.90 Å². The maximum Gasteiger partial charge on any atom is 0.252 e. The molecule has 2 aromatic rings. The number of ether oxygens (including phenoxy) is 2. The Morgan fingerprint density at radius 2 is 2.08 bits per heavy atom. The van der Waals surface area contributed by atoms with Crippen LogP contribution < -0.4 is 5.32 Å². The molecule has 4 rings (SSSR count). The van der Waals surface area contributed by atoms with Crippen LogP contribution in [0, 0.1) is 13.8 Å². The number of aliphatic hydroxyl groups excluding tert-OH is 1. The average molecular weight is 332 g/mol. The molecule has 2 N–H and O–H groups in total. The molecule has 2 aliphatic heterocycles. The summed E-state index contributed by atoms with van der Waals surface area (Å²) in [6.07, 6.45) is -1.31. The van der Waals surface area contributed by atoms with Crippen molar-refractivity contribution in [2.45, 2.75) is 38.2 Å². The normalized spacial score (nSPS) is 29.2. The Hall–Kier alpha value is -2.03. The number of rotatable bonds is 2. The molecule has 2 aromatic heterocycles. The summed E-state index contributed by atoms with van der Waals surface area (Å²) in [5.74, 6) is -0.208. The highest BCUT2D eigenvalue weighted by molar-refractivity contribution is 6.06. The first-order valence-electron chi connectivity index (χ1n) is 7.99. The van der Waals surface area contributed by atoms with E-state index in [0.29, 0.717) is 17.8 Å². The van der Waals surface area contributed by atoms with Gasteiger partial charge in [0.1, 0.15) is 18.3 Å². The highest BCUT2D eigenvalue weighted by atomic mass is 16.6. The lowest BCUT2D eigenvalue weighted by Gasteiger charge is -2.18. The van der Waals surface area contributed by atoms with Crippen molar-refractivity contribution in [1.82, 2.24) is 20.1 Å². The lowest BCUT2D eigenvalue weighted by atomic mass is 10.1. The fraction of sp³-hybridized carbons (Fsp3) is 0.562. The third kappa shape index (κ3) is 2.29. The zero-order chi connectivity index (χ0) is 17.0. The van der Waals surface area contributed by atoms with Gasteiger partial charge in [0.05, 0.1) is 35.9 Å². The van der Waals surface area contributed by atoms with E-state index in [1.165, 1.54) is 0 Å². The maximum atomic E-state index is 12.8. The molecule has 0 radical (unpaired) electrons. The molecular formula is C16H20N4O4. The average Bonchev–Trinajstić information content (AvgIpc) is 3.17. The molecule has 0 bridgehead atoms. The molecule has 0 aromatic carbocycles. The number of aliphatic hydroxyl groups is 1. The molecule has 4 heterocycles. The lowest BCUT2D eigenvalue weighted by Crippen LogP contribution is -2.44. The summed E-state index contributed by atoms with van der Waals surface area (Å²) in [5, 5.41) is 17.9. The van der Waals surface area contributed by atoms with Gasteiger partial charge in [0.15, 0.2) is 5.65 Å². The first-order valence-corrected chi connectivity index (χ1v) is 7.99. The predicted octanol–water partition coefficient (Wildman–Crippen LogP) is -0.158. The Morgan fingerprint density at radius 3 is 2.88 bits per heavy atom. The van der Waals surface area contributed by atoms with Crippen molar-refractivity contribution in [2.24, 2.45) is 7.05 Å². The fourth-order valence-electron chi connectivity index (χ4n) is 3.60. The molecule has 2 fully saturated rings. The topological polar surface area (TPSA) is 98.5 Å². The Bertz CT molecular complexity index is 818. The van der Waals surface area contributed by atoms with Crippen molar-refractivity contribution in [1.29, 1.82) is 0 Å². The van der Waals surface area contributed by atoms with E-state index in [2.05, 4.69) is 15.4 Å². The molecule has 2 saturated heterocycles. The fourth-order valence-corrected chi connectivity index (χ4v) is 3.60. The van der Waals surface area contributed by atoms with E-state index >= 15 is 0 Å². The number of pyridine rings is 1. The maximum absolute atomic E-state index is 12.8. The van der Waals surface area contributed by atoms with Gasteiger partial charge >= 0.3 is 0 Å². The molecule has 128 valence electrons. The molecule has 0 aliphatic carbocycles. The van der Waals surface area contributed by atoms with E-state index in [0.717, 1.165) is 16.8 Å². The number of nitrogens with one attached hydrogen (secondary N) is 1. The van der Waals surface area contributed by atoms with E-state index in [4.69, 9.17) is 9.47 Å². The number of hydrogen-bond donors (Lipinski definition) is 2. The van der Waals surface area contributed by atoms with Crippen LogP contribution in [-0.4, -0.2) is 63.3 Å². The van der Waals surface area contributed by atoms with Gasteiger partial charge in [-0.25, -0.2) is 4.98 Å². The summed E-state index contributed by atoms with van der Waals surface area (Å²) >= 11 is 0. The predicted molar refractivity (Wildman–Crippen MR) is 84.7 cm³/mol. The van der Waals surface area contributed by atoms with E-state index in [1.54, 1.807) is 10.7 Å². The molecule has 1 amide bonds. The Labute approximate surface area is 138 Å². The standard InChI is InChI=1S/C16H20N4O4/c1-7-4-9(12-8(2)19-20(3)15(12)17-7)16(22)18-10-5-23-14-11(21)6-24-13(10)14/h4,10-11,13-14,21H,5-6H2,1-3H3,(H,18,22)/t10-,11-,13+,14+/m0/s1. The molecular weight excluding hydrogens is 312 g/mol. The van der Waals surface area contributed by atoms with E-state index in [-0.39, 0.29) is 30.8 Å². The summed E-state index contributed by atoms with van der Waals surface area (Å²) in [6, 6.07) is 1.49. The van der Waals surface area contributed by atoms with Crippen molar-refractivity contribution in [3.05, 3.63) is 23.0 Å². The van der Waals surface area contributed by atoms with Gasteiger partial charge in [-0.15, -0.1) is 0 Å². The molecule has 0 spiro atoms. The summed E-state index contributed by atoms with van der Waals surface area (Å²) in [6.45, 7) is 4.28. The Balaban J connectivity index is 1.65. The molecule has 0 saturated carbocycles.